The van der Waals surface area contributed by atoms with Gasteiger partial charge in [-0.15, -0.1) is 11.3 Å². The van der Waals surface area contributed by atoms with Gasteiger partial charge in [-0.05, 0) is 0 Å². The first-order valence-corrected chi connectivity index (χ1v) is 4.24. The first-order chi connectivity index (χ1) is 5.75. The van der Waals surface area contributed by atoms with Gasteiger partial charge in [-0.3, -0.25) is 4.40 Å². The highest BCUT2D eigenvalue weighted by Crippen LogP contribution is 2.11. The van der Waals surface area contributed by atoms with Crippen LogP contribution in [0.5, 0.6) is 0 Å². The molecule has 0 bridgehead atoms. The van der Waals surface area contributed by atoms with Gasteiger partial charge in [-0.2, -0.15) is 0 Å². The maximum absolute atomic E-state index is 10.2. The van der Waals surface area contributed by atoms with Crippen molar-refractivity contribution in [2.45, 2.75) is 6.42 Å². The molecule has 0 aromatic carbocycles. The highest BCUT2D eigenvalue weighted by atomic mass is 32.1. The first-order valence-electron chi connectivity index (χ1n) is 3.36. The number of nitrogens with zero attached hydrogens (tertiary/aromatic N) is 2. The lowest BCUT2D eigenvalue weighted by Crippen LogP contribution is -2.24. The Morgan fingerprint density at radius 1 is 1.75 bits per heavy atom. The largest absolute Gasteiger partial charge is 0.550 e. The van der Waals surface area contributed by atoms with Gasteiger partial charge in [0, 0.05) is 30.2 Å². The van der Waals surface area contributed by atoms with Gasteiger partial charge in [0.05, 0.1) is 5.69 Å². The maximum Gasteiger partial charge on any atom is 0.193 e. The van der Waals surface area contributed by atoms with E-state index in [-0.39, 0.29) is 6.42 Å². The van der Waals surface area contributed by atoms with Crippen LogP contribution < -0.4 is 5.11 Å². The van der Waals surface area contributed by atoms with E-state index in [1.165, 1.54) is 11.3 Å². The molecule has 0 aliphatic rings. The summed E-state index contributed by atoms with van der Waals surface area (Å²) in [5.74, 6) is -1.10. The third-order valence-corrected chi connectivity index (χ3v) is 2.24. The van der Waals surface area contributed by atoms with Crippen molar-refractivity contribution in [2.24, 2.45) is 0 Å². The van der Waals surface area contributed by atoms with Crippen LogP contribution in [0.4, 0.5) is 0 Å². The molecule has 0 unspecified atom stereocenters. The summed E-state index contributed by atoms with van der Waals surface area (Å²) in [5, 5.41) is 12.1. The smallest absolute Gasteiger partial charge is 0.193 e. The lowest BCUT2D eigenvalue weighted by atomic mass is 10.3. The molecule has 4 nitrogen and oxygen atoms in total. The standard InChI is InChI=1S/C7H6N2O2S/c10-6(11)3-5-4-9-1-2-12-7(9)8-5/h1-2,4H,3H2,(H,10,11)/p-1. The molecule has 12 heavy (non-hydrogen) atoms. The van der Waals surface area contributed by atoms with E-state index in [0.29, 0.717) is 5.69 Å². The lowest BCUT2D eigenvalue weighted by Gasteiger charge is -1.94. The second-order valence-electron chi connectivity index (χ2n) is 2.37. The van der Waals surface area contributed by atoms with Crippen LogP contribution in [-0.4, -0.2) is 15.4 Å². The number of aliphatic carboxylic acids is 1. The van der Waals surface area contributed by atoms with E-state index in [1.807, 2.05) is 11.6 Å². The summed E-state index contributed by atoms with van der Waals surface area (Å²) in [6, 6.07) is 0. The van der Waals surface area contributed by atoms with E-state index < -0.39 is 5.97 Å². The average Bonchev–Trinajstić information content (AvgIpc) is 2.43. The molecule has 0 saturated heterocycles. The number of imidazole rings is 1. The quantitative estimate of drug-likeness (QED) is 0.638. The highest BCUT2D eigenvalue weighted by molar-refractivity contribution is 7.15. The number of hydrogen-bond acceptors (Lipinski definition) is 4. The molecular formula is C7H5N2O2S-. The van der Waals surface area contributed by atoms with E-state index >= 15 is 0 Å². The van der Waals surface area contributed by atoms with Crippen LogP contribution in [0.1, 0.15) is 5.69 Å². The molecule has 2 aromatic heterocycles. The molecule has 2 heterocycles. The van der Waals surface area contributed by atoms with Crippen molar-refractivity contribution < 1.29 is 9.90 Å². The minimum atomic E-state index is -1.10. The summed E-state index contributed by atoms with van der Waals surface area (Å²) in [6.45, 7) is 0. The van der Waals surface area contributed by atoms with Crippen molar-refractivity contribution in [1.82, 2.24) is 9.38 Å². The van der Waals surface area contributed by atoms with Gasteiger partial charge in [0.1, 0.15) is 0 Å². The number of carbonyl (C=O) groups excluding carboxylic acids is 1. The predicted octanol–water partition coefficient (Wildman–Crippen LogP) is -0.312. The Hall–Kier alpha value is -1.36. The van der Waals surface area contributed by atoms with Crippen molar-refractivity contribution in [2.75, 3.05) is 0 Å². The topological polar surface area (TPSA) is 57.4 Å². The number of aromatic nitrogens is 2. The number of hydrogen-bond donors (Lipinski definition) is 0. The summed E-state index contributed by atoms with van der Waals surface area (Å²) in [7, 11) is 0. The van der Waals surface area contributed by atoms with Crippen LogP contribution in [0, 0.1) is 0 Å². The Labute approximate surface area is 72.1 Å². The van der Waals surface area contributed by atoms with Crippen LogP contribution >= 0.6 is 11.3 Å². The molecule has 0 spiro atoms. The molecule has 2 rings (SSSR count). The molecule has 2 aromatic rings. The monoisotopic (exact) mass is 181 g/mol. The van der Waals surface area contributed by atoms with Crippen LogP contribution in [0.15, 0.2) is 17.8 Å². The lowest BCUT2D eigenvalue weighted by molar-refractivity contribution is -0.304. The number of thiazole rings is 1. The van der Waals surface area contributed by atoms with E-state index in [1.54, 1.807) is 10.6 Å². The van der Waals surface area contributed by atoms with Gasteiger partial charge in [-0.1, -0.05) is 0 Å². The zero-order valence-corrected chi connectivity index (χ0v) is 6.87. The summed E-state index contributed by atoms with van der Waals surface area (Å²) in [4.78, 5) is 15.1. The summed E-state index contributed by atoms with van der Waals surface area (Å²) in [5.41, 5.74) is 0.543. The Kier molecular flexibility index (Phi) is 1.58. The Morgan fingerprint density at radius 2 is 2.58 bits per heavy atom. The Morgan fingerprint density at radius 3 is 3.25 bits per heavy atom. The molecular weight excluding hydrogens is 176 g/mol. The first kappa shape index (κ1) is 7.30. The Bertz CT molecular complexity index is 389. The van der Waals surface area contributed by atoms with Crippen LogP contribution in [0.3, 0.4) is 0 Å². The zero-order chi connectivity index (χ0) is 8.55. The van der Waals surface area contributed by atoms with Crippen LogP contribution in [-0.2, 0) is 11.2 Å². The fourth-order valence-electron chi connectivity index (χ4n) is 1.01. The van der Waals surface area contributed by atoms with E-state index in [2.05, 4.69) is 4.98 Å². The van der Waals surface area contributed by atoms with Gasteiger partial charge < -0.3 is 9.90 Å². The second-order valence-corrected chi connectivity index (χ2v) is 3.25. The van der Waals surface area contributed by atoms with Crippen molar-refractivity contribution in [3.05, 3.63) is 23.5 Å². The number of fused-ring (bicyclic) bond motifs is 1. The summed E-state index contributed by atoms with van der Waals surface area (Å²) < 4.78 is 1.79. The number of rotatable bonds is 2. The van der Waals surface area contributed by atoms with Crippen molar-refractivity contribution in [1.29, 1.82) is 0 Å². The molecule has 0 aliphatic heterocycles. The fraction of sp³-hybridized carbons (Fsp3) is 0.143. The van der Waals surface area contributed by atoms with Gasteiger partial charge in [0.15, 0.2) is 4.96 Å². The average molecular weight is 181 g/mol. The molecule has 62 valence electrons. The molecule has 0 amide bonds. The van der Waals surface area contributed by atoms with Crippen molar-refractivity contribution in [3.8, 4) is 0 Å². The molecule has 0 radical (unpaired) electrons. The molecule has 0 N–H and O–H groups in total. The van der Waals surface area contributed by atoms with Crippen molar-refractivity contribution in [3.63, 3.8) is 0 Å². The van der Waals surface area contributed by atoms with Crippen LogP contribution in [0.25, 0.3) is 4.96 Å². The molecule has 0 atom stereocenters. The Balaban J connectivity index is 2.38. The van der Waals surface area contributed by atoms with E-state index in [9.17, 15) is 9.90 Å². The minimum Gasteiger partial charge on any atom is -0.550 e. The normalized spacial score (nSPS) is 10.7. The number of carboxylic acid groups (broad SMARTS) is 1. The third kappa shape index (κ3) is 1.18. The SMILES string of the molecule is O=C([O-])Cc1cn2ccsc2n1. The number of carbonyl (C=O) groups is 1. The maximum atomic E-state index is 10.2. The third-order valence-electron chi connectivity index (χ3n) is 1.47. The summed E-state index contributed by atoms with van der Waals surface area (Å²) in [6.07, 6.45) is 3.42. The van der Waals surface area contributed by atoms with E-state index in [0.717, 1.165) is 4.96 Å². The highest BCUT2D eigenvalue weighted by Gasteiger charge is 2.01. The van der Waals surface area contributed by atoms with Gasteiger partial charge in [0.2, 0.25) is 0 Å². The molecule has 0 saturated carbocycles. The predicted molar refractivity (Wildman–Crippen MR) is 41.8 cm³/mol. The van der Waals surface area contributed by atoms with Crippen LogP contribution in [0.2, 0.25) is 0 Å². The molecule has 0 aliphatic carbocycles. The van der Waals surface area contributed by atoms with Gasteiger partial charge >= 0.3 is 0 Å². The molecule has 5 heteroatoms. The molecule has 0 fully saturated rings. The minimum absolute atomic E-state index is 0.117. The fourth-order valence-corrected chi connectivity index (χ4v) is 1.73. The second kappa shape index (κ2) is 2.60. The van der Waals surface area contributed by atoms with Gasteiger partial charge in [-0.25, -0.2) is 4.98 Å². The van der Waals surface area contributed by atoms with Gasteiger partial charge in [0.25, 0.3) is 0 Å². The van der Waals surface area contributed by atoms with Crippen molar-refractivity contribution >= 4 is 22.3 Å². The summed E-state index contributed by atoms with van der Waals surface area (Å²) >= 11 is 1.47. The zero-order valence-electron chi connectivity index (χ0n) is 6.06. The number of carboxylic acids is 1. The van der Waals surface area contributed by atoms with E-state index in [4.69, 9.17) is 0 Å².